The van der Waals surface area contributed by atoms with Gasteiger partial charge >= 0.3 is 0 Å². The van der Waals surface area contributed by atoms with Gasteiger partial charge in [-0.05, 0) is 24.6 Å². The van der Waals surface area contributed by atoms with Crippen molar-refractivity contribution < 1.29 is 14.4 Å². The van der Waals surface area contributed by atoms with Crippen LogP contribution in [-0.4, -0.2) is 27.1 Å². The van der Waals surface area contributed by atoms with E-state index in [1.165, 1.54) is 29.0 Å². The van der Waals surface area contributed by atoms with Crippen LogP contribution in [0.5, 0.6) is 0 Å². The van der Waals surface area contributed by atoms with E-state index in [2.05, 4.69) is 10.4 Å². The molecule has 1 aromatic carbocycles. The van der Waals surface area contributed by atoms with E-state index in [1.807, 2.05) is 48.7 Å². The van der Waals surface area contributed by atoms with E-state index in [0.29, 0.717) is 15.1 Å². The Morgan fingerprint density at radius 3 is 2.48 bits per heavy atom. The molecular weight excluding hydrogens is 458 g/mol. The highest BCUT2D eigenvalue weighted by atomic mass is 32.1. The van der Waals surface area contributed by atoms with Gasteiger partial charge in [-0.2, -0.15) is 0 Å². The molecule has 3 heterocycles. The van der Waals surface area contributed by atoms with E-state index >= 15 is 0 Å². The lowest BCUT2D eigenvalue weighted by molar-refractivity contribution is -0.123. The topological polar surface area (TPSA) is 98.1 Å². The zero-order chi connectivity index (χ0) is 23.4. The Hall–Kier alpha value is -3.43. The van der Waals surface area contributed by atoms with Gasteiger partial charge in [0.05, 0.1) is 10.3 Å². The van der Waals surface area contributed by atoms with E-state index in [0.717, 1.165) is 20.7 Å². The molecule has 1 amide bonds. The van der Waals surface area contributed by atoms with E-state index in [9.17, 15) is 19.2 Å². The van der Waals surface area contributed by atoms with Crippen molar-refractivity contribution in [2.24, 2.45) is 0 Å². The van der Waals surface area contributed by atoms with Crippen molar-refractivity contribution in [3.8, 4) is 11.1 Å². The van der Waals surface area contributed by atoms with Gasteiger partial charge in [0.2, 0.25) is 5.91 Å². The van der Waals surface area contributed by atoms with Crippen LogP contribution >= 0.6 is 22.7 Å². The van der Waals surface area contributed by atoms with Crippen LogP contribution in [0.3, 0.4) is 0 Å². The number of rotatable bonds is 9. The SMILES string of the molecule is Cc1ccc(C(=O)CCC(=O)CCC(=O)Nn2cnc3scc(-c4ccccc4)c3c2=O)s1. The number of Topliss-reactive ketones (excluding diaryl/α,β-unsaturated/α-hetero) is 2. The average Bonchev–Trinajstić information content (AvgIpc) is 3.45. The van der Waals surface area contributed by atoms with Crippen LogP contribution in [0.1, 0.15) is 40.2 Å². The molecule has 9 heteroatoms. The fraction of sp³-hybridized carbons (Fsp3) is 0.208. The van der Waals surface area contributed by atoms with Crippen LogP contribution < -0.4 is 11.0 Å². The summed E-state index contributed by atoms with van der Waals surface area (Å²) in [5.41, 5.74) is 3.79. The van der Waals surface area contributed by atoms with Gasteiger partial charge in [-0.3, -0.25) is 24.6 Å². The van der Waals surface area contributed by atoms with Gasteiger partial charge in [0.1, 0.15) is 16.9 Å². The van der Waals surface area contributed by atoms with Crippen LogP contribution in [0.15, 0.2) is 59.0 Å². The minimum absolute atomic E-state index is 0.000716. The van der Waals surface area contributed by atoms with Crippen molar-refractivity contribution in [1.82, 2.24) is 9.66 Å². The fourth-order valence-electron chi connectivity index (χ4n) is 3.37. The number of hydrogen-bond acceptors (Lipinski definition) is 7. The highest BCUT2D eigenvalue weighted by molar-refractivity contribution is 7.17. The van der Waals surface area contributed by atoms with Gasteiger partial charge in [0, 0.05) is 41.5 Å². The standard InChI is InChI=1S/C24H21N3O4S2/c1-15-7-11-20(33-15)19(29)10-8-17(28)9-12-21(30)26-27-14-25-23-22(24(27)31)18(13-32-23)16-5-3-2-4-6-16/h2-7,11,13-14H,8-10,12H2,1H3,(H,26,30). The average molecular weight is 480 g/mol. The van der Waals surface area contributed by atoms with Crippen LogP contribution in [0, 0.1) is 6.92 Å². The Labute approximate surface area is 197 Å². The maximum Gasteiger partial charge on any atom is 0.281 e. The molecule has 168 valence electrons. The van der Waals surface area contributed by atoms with Crippen molar-refractivity contribution >= 4 is 50.4 Å². The van der Waals surface area contributed by atoms with E-state index < -0.39 is 5.91 Å². The number of hydrogen-bond donors (Lipinski definition) is 1. The summed E-state index contributed by atoms with van der Waals surface area (Å²) in [7, 11) is 0. The third-order valence-corrected chi connectivity index (χ3v) is 7.03. The summed E-state index contributed by atoms with van der Waals surface area (Å²) in [4.78, 5) is 56.2. The van der Waals surface area contributed by atoms with Gasteiger partial charge in [-0.1, -0.05) is 30.3 Å². The third-order valence-electron chi connectivity index (χ3n) is 5.10. The lowest BCUT2D eigenvalue weighted by Crippen LogP contribution is -2.33. The predicted octanol–water partition coefficient (Wildman–Crippen LogP) is 4.58. The number of nitrogens with zero attached hydrogens (tertiary/aromatic N) is 2. The molecule has 0 atom stereocenters. The summed E-state index contributed by atoms with van der Waals surface area (Å²) in [6.07, 6.45) is 1.41. The summed E-state index contributed by atoms with van der Waals surface area (Å²) in [6, 6.07) is 13.1. The second kappa shape index (κ2) is 10.0. The number of carbonyl (C=O) groups excluding carboxylic acids is 3. The maximum atomic E-state index is 13.0. The lowest BCUT2D eigenvalue weighted by atomic mass is 10.1. The lowest BCUT2D eigenvalue weighted by Gasteiger charge is -2.08. The van der Waals surface area contributed by atoms with Crippen LogP contribution in [0.25, 0.3) is 21.3 Å². The smallest absolute Gasteiger partial charge is 0.281 e. The first kappa shape index (κ1) is 22.8. The molecule has 1 N–H and O–H groups in total. The number of fused-ring (bicyclic) bond motifs is 1. The first-order valence-electron chi connectivity index (χ1n) is 10.4. The molecule has 0 saturated heterocycles. The highest BCUT2D eigenvalue weighted by Crippen LogP contribution is 2.30. The number of benzene rings is 1. The number of carbonyl (C=O) groups is 3. The van der Waals surface area contributed by atoms with Crippen molar-refractivity contribution in [3.05, 3.63) is 74.3 Å². The Morgan fingerprint density at radius 2 is 1.76 bits per heavy atom. The molecule has 7 nitrogen and oxygen atoms in total. The maximum absolute atomic E-state index is 13.0. The molecule has 3 aromatic heterocycles. The van der Waals surface area contributed by atoms with Gasteiger partial charge in [0.15, 0.2) is 5.78 Å². The number of ketones is 2. The molecular formula is C24H21N3O4S2. The van der Waals surface area contributed by atoms with Crippen molar-refractivity contribution in [3.63, 3.8) is 0 Å². The Balaban J connectivity index is 1.36. The highest BCUT2D eigenvalue weighted by Gasteiger charge is 2.16. The van der Waals surface area contributed by atoms with E-state index in [4.69, 9.17) is 0 Å². The number of aromatic nitrogens is 2. The quantitative estimate of drug-likeness (QED) is 0.355. The summed E-state index contributed by atoms with van der Waals surface area (Å²) >= 11 is 2.77. The molecule has 0 spiro atoms. The van der Waals surface area contributed by atoms with Crippen molar-refractivity contribution in [2.75, 3.05) is 5.43 Å². The molecule has 0 aliphatic carbocycles. The van der Waals surface area contributed by atoms with Crippen LogP contribution in [0.2, 0.25) is 0 Å². The van der Waals surface area contributed by atoms with Gasteiger partial charge in [-0.25, -0.2) is 9.66 Å². The molecule has 0 saturated carbocycles. The van der Waals surface area contributed by atoms with Crippen molar-refractivity contribution in [2.45, 2.75) is 32.6 Å². The monoisotopic (exact) mass is 479 g/mol. The molecule has 4 rings (SSSR count). The zero-order valence-corrected chi connectivity index (χ0v) is 19.5. The van der Waals surface area contributed by atoms with Gasteiger partial charge in [-0.15, -0.1) is 22.7 Å². The molecule has 0 aliphatic heterocycles. The first-order chi connectivity index (χ1) is 15.9. The number of nitrogens with one attached hydrogen (secondary N) is 1. The minimum Gasteiger partial charge on any atom is -0.300 e. The van der Waals surface area contributed by atoms with Crippen molar-refractivity contribution in [1.29, 1.82) is 0 Å². The molecule has 33 heavy (non-hydrogen) atoms. The van der Waals surface area contributed by atoms with E-state index in [-0.39, 0.29) is 42.8 Å². The largest absolute Gasteiger partial charge is 0.300 e. The molecule has 4 aromatic rings. The van der Waals surface area contributed by atoms with Gasteiger partial charge in [0.25, 0.3) is 5.56 Å². The van der Waals surface area contributed by atoms with Gasteiger partial charge < -0.3 is 0 Å². The Bertz CT molecular complexity index is 1390. The van der Waals surface area contributed by atoms with Crippen LogP contribution in [-0.2, 0) is 9.59 Å². The summed E-state index contributed by atoms with van der Waals surface area (Å²) < 4.78 is 1.05. The summed E-state index contributed by atoms with van der Waals surface area (Å²) in [6.45, 7) is 1.92. The Kier molecular flexibility index (Phi) is 6.90. The Morgan fingerprint density at radius 1 is 1.00 bits per heavy atom. The van der Waals surface area contributed by atoms with Crippen LogP contribution in [0.4, 0.5) is 0 Å². The molecule has 0 radical (unpaired) electrons. The third kappa shape index (κ3) is 5.32. The fourth-order valence-corrected chi connectivity index (χ4v) is 5.11. The summed E-state index contributed by atoms with van der Waals surface area (Å²) in [5, 5.41) is 2.31. The minimum atomic E-state index is -0.469. The number of amides is 1. The molecule has 0 unspecified atom stereocenters. The normalized spacial score (nSPS) is 10.9. The summed E-state index contributed by atoms with van der Waals surface area (Å²) in [5.74, 6) is -0.706. The second-order valence-corrected chi connectivity index (χ2v) is 9.67. The first-order valence-corrected chi connectivity index (χ1v) is 12.1. The molecule has 0 fully saturated rings. The molecule has 0 bridgehead atoms. The van der Waals surface area contributed by atoms with E-state index in [1.54, 1.807) is 6.07 Å². The zero-order valence-electron chi connectivity index (χ0n) is 17.9. The predicted molar refractivity (Wildman–Crippen MR) is 131 cm³/mol. The number of aryl methyl sites for hydroxylation is 1. The second-order valence-electron chi connectivity index (χ2n) is 7.52. The molecule has 0 aliphatic rings. The number of thiophene rings is 2.